The van der Waals surface area contributed by atoms with Gasteiger partial charge in [-0.05, 0) is 25.1 Å². The van der Waals surface area contributed by atoms with E-state index < -0.39 is 0 Å². The van der Waals surface area contributed by atoms with Crippen LogP contribution in [-0.2, 0) is 0 Å². The number of pyridine rings is 1. The molecule has 0 radical (unpaired) electrons. The van der Waals surface area contributed by atoms with E-state index in [1.807, 2.05) is 12.1 Å². The average Bonchev–Trinajstić information content (AvgIpc) is 2.65. The molecule has 1 aromatic heterocycles. The van der Waals surface area contributed by atoms with Crippen LogP contribution in [0.2, 0.25) is 0 Å². The summed E-state index contributed by atoms with van der Waals surface area (Å²) < 4.78 is 5.13. The van der Waals surface area contributed by atoms with Crippen LogP contribution in [0.4, 0.5) is 5.82 Å². The molecule has 100 valence electrons. The standard InChI is InChI=1S/C13H20ClN3O/c1-18-12-3-4-13(15-11-12)17-7-2-6-16(8-5-14)9-10-17/h3-4,11H,2,5-10H2,1H3. The minimum Gasteiger partial charge on any atom is -0.495 e. The van der Waals surface area contributed by atoms with Crippen LogP contribution in [0, 0.1) is 0 Å². The van der Waals surface area contributed by atoms with Crippen molar-refractivity contribution in [3.8, 4) is 5.75 Å². The lowest BCUT2D eigenvalue weighted by atomic mass is 10.3. The van der Waals surface area contributed by atoms with Gasteiger partial charge in [-0.15, -0.1) is 11.6 Å². The highest BCUT2D eigenvalue weighted by Crippen LogP contribution is 2.17. The summed E-state index contributed by atoms with van der Waals surface area (Å²) in [6, 6.07) is 3.99. The normalized spacial score (nSPS) is 17.6. The fourth-order valence-corrected chi connectivity index (χ4v) is 2.46. The molecule has 2 rings (SSSR count). The maximum Gasteiger partial charge on any atom is 0.137 e. The predicted molar refractivity (Wildman–Crippen MR) is 74.8 cm³/mol. The second-order valence-electron chi connectivity index (χ2n) is 4.43. The lowest BCUT2D eigenvalue weighted by Gasteiger charge is -2.22. The first-order chi connectivity index (χ1) is 8.83. The number of methoxy groups -OCH3 is 1. The highest BCUT2D eigenvalue weighted by Gasteiger charge is 2.15. The number of alkyl halides is 1. The smallest absolute Gasteiger partial charge is 0.137 e. The van der Waals surface area contributed by atoms with E-state index in [1.165, 1.54) is 0 Å². The zero-order valence-corrected chi connectivity index (χ0v) is 11.6. The number of aromatic nitrogens is 1. The van der Waals surface area contributed by atoms with E-state index in [0.29, 0.717) is 5.88 Å². The van der Waals surface area contributed by atoms with Gasteiger partial charge in [0.2, 0.25) is 0 Å². The SMILES string of the molecule is COc1ccc(N2CCCN(CCCl)CC2)nc1. The van der Waals surface area contributed by atoms with E-state index in [9.17, 15) is 0 Å². The molecule has 0 spiro atoms. The molecule has 1 aliphatic heterocycles. The van der Waals surface area contributed by atoms with E-state index in [4.69, 9.17) is 16.3 Å². The van der Waals surface area contributed by atoms with E-state index in [0.717, 1.165) is 50.7 Å². The van der Waals surface area contributed by atoms with Crippen LogP contribution in [0.1, 0.15) is 6.42 Å². The van der Waals surface area contributed by atoms with E-state index in [2.05, 4.69) is 14.8 Å². The highest BCUT2D eigenvalue weighted by atomic mass is 35.5. The van der Waals surface area contributed by atoms with Crippen molar-refractivity contribution in [2.45, 2.75) is 6.42 Å². The summed E-state index contributed by atoms with van der Waals surface area (Å²) in [7, 11) is 1.66. The van der Waals surface area contributed by atoms with Crippen molar-refractivity contribution in [1.29, 1.82) is 0 Å². The third-order valence-corrected chi connectivity index (χ3v) is 3.44. The Bertz CT molecular complexity index is 358. The molecule has 0 atom stereocenters. The number of anilines is 1. The monoisotopic (exact) mass is 269 g/mol. The molecule has 5 heteroatoms. The second-order valence-corrected chi connectivity index (χ2v) is 4.81. The largest absolute Gasteiger partial charge is 0.495 e. The first-order valence-electron chi connectivity index (χ1n) is 6.37. The lowest BCUT2D eigenvalue weighted by Crippen LogP contribution is -2.32. The minimum atomic E-state index is 0.709. The van der Waals surface area contributed by atoms with Gasteiger partial charge in [0.1, 0.15) is 11.6 Å². The topological polar surface area (TPSA) is 28.6 Å². The summed E-state index contributed by atoms with van der Waals surface area (Å²) in [5, 5.41) is 0. The molecular formula is C13H20ClN3O. The summed E-state index contributed by atoms with van der Waals surface area (Å²) in [5.74, 6) is 2.54. The van der Waals surface area contributed by atoms with Gasteiger partial charge >= 0.3 is 0 Å². The molecule has 0 bridgehead atoms. The van der Waals surface area contributed by atoms with Gasteiger partial charge in [-0.3, -0.25) is 0 Å². The van der Waals surface area contributed by atoms with Crippen molar-refractivity contribution in [2.75, 3.05) is 50.6 Å². The van der Waals surface area contributed by atoms with Gasteiger partial charge in [0.25, 0.3) is 0 Å². The van der Waals surface area contributed by atoms with Crippen LogP contribution in [0.3, 0.4) is 0 Å². The molecule has 0 aromatic carbocycles. The molecule has 0 saturated carbocycles. The molecule has 1 aliphatic rings. The average molecular weight is 270 g/mol. The molecule has 1 saturated heterocycles. The Kier molecular flexibility index (Phi) is 5.08. The Hall–Kier alpha value is -1.00. The number of hydrogen-bond acceptors (Lipinski definition) is 4. The predicted octanol–water partition coefficient (Wildman–Crippen LogP) is 1.84. The molecule has 1 aromatic rings. The first kappa shape index (κ1) is 13.4. The lowest BCUT2D eigenvalue weighted by molar-refractivity contribution is 0.311. The van der Waals surface area contributed by atoms with Crippen LogP contribution in [0.5, 0.6) is 5.75 Å². The van der Waals surface area contributed by atoms with E-state index in [-0.39, 0.29) is 0 Å². The van der Waals surface area contributed by atoms with Crippen LogP contribution in [0.25, 0.3) is 0 Å². The Morgan fingerprint density at radius 2 is 2.17 bits per heavy atom. The first-order valence-corrected chi connectivity index (χ1v) is 6.90. The maximum atomic E-state index is 5.79. The van der Waals surface area contributed by atoms with Gasteiger partial charge in [-0.1, -0.05) is 0 Å². The third kappa shape index (κ3) is 3.50. The van der Waals surface area contributed by atoms with Gasteiger partial charge in [0.15, 0.2) is 0 Å². The zero-order valence-electron chi connectivity index (χ0n) is 10.8. The minimum absolute atomic E-state index is 0.709. The Balaban J connectivity index is 1.96. The second kappa shape index (κ2) is 6.81. The van der Waals surface area contributed by atoms with Gasteiger partial charge in [-0.2, -0.15) is 0 Å². The Morgan fingerprint density at radius 3 is 2.83 bits per heavy atom. The molecule has 4 nitrogen and oxygen atoms in total. The fourth-order valence-electron chi connectivity index (χ4n) is 2.22. The summed E-state index contributed by atoms with van der Waals surface area (Å²) in [6.45, 7) is 5.22. The molecular weight excluding hydrogens is 250 g/mol. The van der Waals surface area contributed by atoms with Crippen molar-refractivity contribution in [2.24, 2.45) is 0 Å². The van der Waals surface area contributed by atoms with E-state index >= 15 is 0 Å². The molecule has 0 aliphatic carbocycles. The number of halogens is 1. The maximum absolute atomic E-state index is 5.79. The third-order valence-electron chi connectivity index (χ3n) is 3.27. The van der Waals surface area contributed by atoms with Crippen molar-refractivity contribution < 1.29 is 4.74 Å². The van der Waals surface area contributed by atoms with E-state index in [1.54, 1.807) is 13.3 Å². The van der Waals surface area contributed by atoms with Gasteiger partial charge in [0.05, 0.1) is 13.3 Å². The van der Waals surface area contributed by atoms with Crippen LogP contribution in [0.15, 0.2) is 18.3 Å². The summed E-state index contributed by atoms with van der Waals surface area (Å²) in [5.41, 5.74) is 0. The number of nitrogens with zero attached hydrogens (tertiary/aromatic N) is 3. The Morgan fingerprint density at radius 1 is 1.28 bits per heavy atom. The number of ether oxygens (including phenoxy) is 1. The van der Waals surface area contributed by atoms with Crippen LogP contribution < -0.4 is 9.64 Å². The fraction of sp³-hybridized carbons (Fsp3) is 0.615. The van der Waals surface area contributed by atoms with Crippen molar-refractivity contribution >= 4 is 17.4 Å². The number of rotatable bonds is 4. The molecule has 0 N–H and O–H groups in total. The van der Waals surface area contributed by atoms with Gasteiger partial charge < -0.3 is 14.5 Å². The van der Waals surface area contributed by atoms with Crippen LogP contribution >= 0.6 is 11.6 Å². The highest BCUT2D eigenvalue weighted by molar-refractivity contribution is 6.18. The quantitative estimate of drug-likeness (QED) is 0.780. The molecule has 0 unspecified atom stereocenters. The van der Waals surface area contributed by atoms with Crippen molar-refractivity contribution in [3.05, 3.63) is 18.3 Å². The zero-order chi connectivity index (χ0) is 12.8. The summed E-state index contributed by atoms with van der Waals surface area (Å²) >= 11 is 5.79. The summed E-state index contributed by atoms with van der Waals surface area (Å²) in [6.07, 6.45) is 2.93. The Labute approximate surface area is 114 Å². The molecule has 2 heterocycles. The molecule has 1 fully saturated rings. The number of hydrogen-bond donors (Lipinski definition) is 0. The van der Waals surface area contributed by atoms with Gasteiger partial charge in [-0.25, -0.2) is 4.98 Å². The van der Waals surface area contributed by atoms with Gasteiger partial charge in [0, 0.05) is 32.1 Å². The summed E-state index contributed by atoms with van der Waals surface area (Å²) in [4.78, 5) is 9.18. The molecule has 0 amide bonds. The van der Waals surface area contributed by atoms with Crippen LogP contribution in [-0.4, -0.2) is 55.6 Å². The van der Waals surface area contributed by atoms with Crippen molar-refractivity contribution in [1.82, 2.24) is 9.88 Å². The molecule has 18 heavy (non-hydrogen) atoms. The van der Waals surface area contributed by atoms with Crippen molar-refractivity contribution in [3.63, 3.8) is 0 Å².